The molecule has 0 radical (unpaired) electrons. The molecule has 3 N–H and O–H groups in total. The second-order valence-electron chi connectivity index (χ2n) is 6.93. The minimum Gasteiger partial charge on any atom is -0.358 e. The third-order valence-corrected chi connectivity index (χ3v) is 6.86. The predicted octanol–water partition coefficient (Wildman–Crippen LogP) is 3.57. The maximum absolute atomic E-state index is 12.1. The number of aromatic nitrogens is 1. The van der Waals surface area contributed by atoms with Gasteiger partial charge in [0.1, 0.15) is 0 Å². The lowest BCUT2D eigenvalue weighted by Gasteiger charge is -2.30. The summed E-state index contributed by atoms with van der Waals surface area (Å²) in [5.74, 6) is 1.60. The van der Waals surface area contributed by atoms with Gasteiger partial charge >= 0.3 is 0 Å². The molecule has 0 bridgehead atoms. The van der Waals surface area contributed by atoms with Crippen LogP contribution in [0.4, 0.5) is 0 Å². The van der Waals surface area contributed by atoms with Crippen LogP contribution >= 0.6 is 24.0 Å². The summed E-state index contributed by atoms with van der Waals surface area (Å²) in [7, 11) is 1.11. The van der Waals surface area contributed by atoms with E-state index in [0.717, 1.165) is 50.4 Å². The Morgan fingerprint density at radius 2 is 2.15 bits per heavy atom. The molecule has 1 aromatic carbocycles. The smallest absolute Gasteiger partial charge is 0.191 e. The molecule has 1 aliphatic carbocycles. The van der Waals surface area contributed by atoms with Gasteiger partial charge in [0, 0.05) is 59.1 Å². The molecule has 0 saturated heterocycles. The van der Waals surface area contributed by atoms with Crippen LogP contribution in [-0.4, -0.2) is 45.8 Å². The molecule has 1 saturated carbocycles. The van der Waals surface area contributed by atoms with Gasteiger partial charge in [0.15, 0.2) is 5.96 Å². The van der Waals surface area contributed by atoms with Crippen LogP contribution in [0.1, 0.15) is 38.3 Å². The van der Waals surface area contributed by atoms with Crippen molar-refractivity contribution in [1.82, 2.24) is 15.6 Å². The van der Waals surface area contributed by atoms with E-state index in [4.69, 9.17) is 0 Å². The van der Waals surface area contributed by atoms with Gasteiger partial charge in [-0.1, -0.05) is 31.5 Å². The van der Waals surface area contributed by atoms with Crippen LogP contribution in [0, 0.1) is 0 Å². The maximum Gasteiger partial charge on any atom is 0.191 e. The molecular formula is C20H31IN4OS. The molecule has 1 aromatic heterocycles. The molecule has 3 unspecified atom stereocenters. The first kappa shape index (κ1) is 22.2. The molecule has 150 valence electrons. The minimum atomic E-state index is -0.693. The Bertz CT molecular complexity index is 743. The second-order valence-corrected chi connectivity index (χ2v) is 8.94. The van der Waals surface area contributed by atoms with E-state index in [9.17, 15) is 4.21 Å². The molecule has 0 amide bonds. The number of nitrogens with one attached hydrogen (secondary N) is 3. The lowest BCUT2D eigenvalue weighted by Crippen LogP contribution is -2.47. The quantitative estimate of drug-likeness (QED) is 0.322. The number of aromatic amines is 1. The van der Waals surface area contributed by atoms with E-state index in [1.54, 1.807) is 0 Å². The van der Waals surface area contributed by atoms with Gasteiger partial charge in [-0.15, -0.1) is 24.0 Å². The number of H-pyrrole nitrogens is 1. The third kappa shape index (κ3) is 6.20. The van der Waals surface area contributed by atoms with E-state index in [1.807, 2.05) is 14.0 Å². The van der Waals surface area contributed by atoms with Crippen molar-refractivity contribution in [3.8, 4) is 0 Å². The van der Waals surface area contributed by atoms with Crippen LogP contribution in [0.25, 0.3) is 10.9 Å². The van der Waals surface area contributed by atoms with Gasteiger partial charge in [-0.25, -0.2) is 0 Å². The van der Waals surface area contributed by atoms with E-state index in [-0.39, 0.29) is 24.0 Å². The summed E-state index contributed by atoms with van der Waals surface area (Å²) < 4.78 is 12.1. The Morgan fingerprint density at radius 3 is 2.89 bits per heavy atom. The zero-order valence-electron chi connectivity index (χ0n) is 16.2. The number of nitrogens with zero attached hydrogens (tertiary/aromatic N) is 1. The molecule has 3 rings (SSSR count). The summed E-state index contributed by atoms with van der Waals surface area (Å²) in [5.41, 5.74) is 2.41. The molecule has 7 heteroatoms. The van der Waals surface area contributed by atoms with Crippen LogP contribution in [0.15, 0.2) is 35.3 Å². The average molecular weight is 502 g/mol. The third-order valence-electron chi connectivity index (χ3n) is 5.12. The van der Waals surface area contributed by atoms with Crippen molar-refractivity contribution in [1.29, 1.82) is 0 Å². The molecule has 2 aromatic rings. The number of aliphatic imine (C=N–C) groups is 1. The highest BCUT2D eigenvalue weighted by Gasteiger charge is 2.25. The number of guanidine groups is 1. The standard InChI is InChI=1S/C20H30N4OS.HI/c1-3-26(25)18-9-6-8-16(14-18)24-20(21-2)22-12-11-17-13-15-7-4-5-10-19(15)23-17;/h4-5,7,10,13,16,18,23H,3,6,8-9,11-12,14H2,1-2H3,(H2,21,22,24);1H. The SMILES string of the molecule is CCS(=O)C1CCCC(NC(=NC)NCCc2cc3ccccc3[nH]2)C1.I. The fourth-order valence-corrected chi connectivity index (χ4v) is 5.07. The van der Waals surface area contributed by atoms with E-state index in [0.29, 0.717) is 11.3 Å². The molecular weight excluding hydrogens is 471 g/mol. The van der Waals surface area contributed by atoms with Gasteiger partial charge in [0.05, 0.1) is 0 Å². The van der Waals surface area contributed by atoms with Crippen LogP contribution in [0.2, 0.25) is 0 Å². The molecule has 1 fully saturated rings. The van der Waals surface area contributed by atoms with Gasteiger partial charge in [-0.05, 0) is 36.8 Å². The Kier molecular flexibility index (Phi) is 9.08. The van der Waals surface area contributed by atoms with Crippen molar-refractivity contribution in [3.63, 3.8) is 0 Å². The monoisotopic (exact) mass is 502 g/mol. The zero-order valence-corrected chi connectivity index (χ0v) is 19.3. The Hall–Kier alpha value is -1.09. The average Bonchev–Trinajstić information content (AvgIpc) is 3.09. The number of fused-ring (bicyclic) bond motifs is 1. The molecule has 1 heterocycles. The molecule has 27 heavy (non-hydrogen) atoms. The summed E-state index contributed by atoms with van der Waals surface area (Å²) in [5, 5.41) is 8.51. The first-order valence-corrected chi connectivity index (χ1v) is 11.0. The van der Waals surface area contributed by atoms with Crippen molar-refractivity contribution in [2.45, 2.75) is 50.3 Å². The van der Waals surface area contributed by atoms with Gasteiger partial charge in [0.2, 0.25) is 0 Å². The number of halogens is 1. The van der Waals surface area contributed by atoms with Gasteiger partial charge in [0.25, 0.3) is 0 Å². The fourth-order valence-electron chi connectivity index (χ4n) is 3.72. The molecule has 0 aliphatic heterocycles. The van der Waals surface area contributed by atoms with E-state index >= 15 is 0 Å². The van der Waals surface area contributed by atoms with Crippen LogP contribution < -0.4 is 10.6 Å². The predicted molar refractivity (Wildman–Crippen MR) is 127 cm³/mol. The molecule has 1 aliphatic rings. The van der Waals surface area contributed by atoms with Crippen LogP contribution in [-0.2, 0) is 17.2 Å². The van der Waals surface area contributed by atoms with Crippen molar-refractivity contribution < 1.29 is 4.21 Å². The van der Waals surface area contributed by atoms with Gasteiger partial charge in [-0.2, -0.15) is 0 Å². The highest BCUT2D eigenvalue weighted by molar-refractivity contribution is 14.0. The zero-order chi connectivity index (χ0) is 18.4. The van der Waals surface area contributed by atoms with Crippen molar-refractivity contribution in [2.24, 2.45) is 4.99 Å². The van der Waals surface area contributed by atoms with Crippen LogP contribution in [0.3, 0.4) is 0 Å². The Morgan fingerprint density at radius 1 is 1.33 bits per heavy atom. The maximum atomic E-state index is 12.1. The van der Waals surface area contributed by atoms with E-state index in [1.165, 1.54) is 16.6 Å². The number of hydrogen-bond donors (Lipinski definition) is 3. The molecule has 3 atom stereocenters. The number of hydrogen-bond acceptors (Lipinski definition) is 2. The largest absolute Gasteiger partial charge is 0.358 e. The normalized spacial score (nSPS) is 21.5. The second kappa shape index (κ2) is 11.0. The number of para-hydroxylation sites is 1. The first-order valence-electron chi connectivity index (χ1n) is 9.60. The topological polar surface area (TPSA) is 69.3 Å². The van der Waals surface area contributed by atoms with E-state index in [2.05, 4.69) is 50.9 Å². The lowest BCUT2D eigenvalue weighted by atomic mass is 9.95. The fraction of sp³-hybridized carbons (Fsp3) is 0.550. The summed E-state index contributed by atoms with van der Waals surface area (Å²) in [6, 6.07) is 10.9. The molecule has 5 nitrogen and oxygen atoms in total. The first-order chi connectivity index (χ1) is 12.7. The summed E-state index contributed by atoms with van der Waals surface area (Å²) in [4.78, 5) is 7.81. The van der Waals surface area contributed by atoms with E-state index < -0.39 is 10.8 Å². The van der Waals surface area contributed by atoms with Crippen molar-refractivity contribution in [3.05, 3.63) is 36.0 Å². The van der Waals surface area contributed by atoms with Crippen molar-refractivity contribution >= 4 is 51.6 Å². The Labute approximate surface area is 181 Å². The lowest BCUT2D eigenvalue weighted by molar-refractivity contribution is 0.413. The molecule has 0 spiro atoms. The van der Waals surface area contributed by atoms with Crippen molar-refractivity contribution in [2.75, 3.05) is 19.3 Å². The summed E-state index contributed by atoms with van der Waals surface area (Å²) in [6.45, 7) is 2.83. The number of rotatable bonds is 6. The van der Waals surface area contributed by atoms with Gasteiger partial charge < -0.3 is 15.6 Å². The highest BCUT2D eigenvalue weighted by Crippen LogP contribution is 2.23. The minimum absolute atomic E-state index is 0. The summed E-state index contributed by atoms with van der Waals surface area (Å²) in [6.07, 6.45) is 5.25. The Balaban J connectivity index is 0.00000261. The van der Waals surface area contributed by atoms with Gasteiger partial charge in [-0.3, -0.25) is 9.20 Å². The number of benzene rings is 1. The van der Waals surface area contributed by atoms with Crippen LogP contribution in [0.5, 0.6) is 0 Å². The highest BCUT2D eigenvalue weighted by atomic mass is 127. The summed E-state index contributed by atoms with van der Waals surface area (Å²) >= 11 is 0.